The SMILES string of the molecule is COCCNC(=O)CSc1ccc(N)c(F)c1. The van der Waals surface area contributed by atoms with Gasteiger partial charge in [-0.1, -0.05) is 0 Å². The van der Waals surface area contributed by atoms with Crippen LogP contribution in [0.15, 0.2) is 23.1 Å². The number of nitrogen functional groups attached to an aromatic ring is 1. The van der Waals surface area contributed by atoms with Crippen LogP contribution in [0.3, 0.4) is 0 Å². The van der Waals surface area contributed by atoms with Crippen molar-refractivity contribution < 1.29 is 13.9 Å². The van der Waals surface area contributed by atoms with Crippen molar-refractivity contribution >= 4 is 23.4 Å². The third-order valence-electron chi connectivity index (χ3n) is 1.97. The summed E-state index contributed by atoms with van der Waals surface area (Å²) in [5.74, 6) is -0.327. The first-order chi connectivity index (χ1) is 8.13. The number of thioether (sulfide) groups is 1. The maximum Gasteiger partial charge on any atom is 0.230 e. The van der Waals surface area contributed by atoms with E-state index in [2.05, 4.69) is 5.32 Å². The number of nitrogens with two attached hydrogens (primary N) is 1. The average Bonchev–Trinajstić information content (AvgIpc) is 2.31. The number of rotatable bonds is 6. The summed E-state index contributed by atoms with van der Waals surface area (Å²) in [7, 11) is 1.57. The molecule has 0 fully saturated rings. The first-order valence-corrected chi connectivity index (χ1v) is 6.05. The maximum atomic E-state index is 13.1. The molecule has 0 heterocycles. The zero-order valence-corrected chi connectivity index (χ0v) is 10.3. The molecule has 0 radical (unpaired) electrons. The minimum Gasteiger partial charge on any atom is -0.396 e. The monoisotopic (exact) mass is 258 g/mol. The van der Waals surface area contributed by atoms with Gasteiger partial charge in [-0.25, -0.2) is 4.39 Å². The third kappa shape index (κ3) is 5.06. The molecule has 1 rings (SSSR count). The topological polar surface area (TPSA) is 64.3 Å². The molecule has 0 aromatic heterocycles. The van der Waals surface area contributed by atoms with Gasteiger partial charge in [0.1, 0.15) is 5.82 Å². The van der Waals surface area contributed by atoms with E-state index in [-0.39, 0.29) is 17.3 Å². The molecule has 6 heteroatoms. The van der Waals surface area contributed by atoms with Crippen molar-refractivity contribution in [1.29, 1.82) is 0 Å². The van der Waals surface area contributed by atoms with Gasteiger partial charge in [0.25, 0.3) is 0 Å². The highest BCUT2D eigenvalue weighted by atomic mass is 32.2. The van der Waals surface area contributed by atoms with Crippen molar-refractivity contribution in [1.82, 2.24) is 5.32 Å². The van der Waals surface area contributed by atoms with Gasteiger partial charge >= 0.3 is 0 Å². The Morgan fingerprint density at radius 2 is 2.35 bits per heavy atom. The molecule has 1 aromatic rings. The average molecular weight is 258 g/mol. The van der Waals surface area contributed by atoms with Crippen LogP contribution in [0.25, 0.3) is 0 Å². The van der Waals surface area contributed by atoms with Crippen LogP contribution < -0.4 is 11.1 Å². The van der Waals surface area contributed by atoms with Crippen molar-refractivity contribution in [2.24, 2.45) is 0 Å². The van der Waals surface area contributed by atoms with E-state index in [0.717, 1.165) is 0 Å². The number of ether oxygens (including phenoxy) is 1. The Labute approximate surface area is 104 Å². The Balaban J connectivity index is 2.34. The van der Waals surface area contributed by atoms with Crippen molar-refractivity contribution in [3.8, 4) is 0 Å². The Morgan fingerprint density at radius 1 is 1.59 bits per heavy atom. The van der Waals surface area contributed by atoms with E-state index < -0.39 is 5.82 Å². The van der Waals surface area contributed by atoms with E-state index in [1.54, 1.807) is 13.2 Å². The second-order valence-electron chi connectivity index (χ2n) is 3.31. The molecule has 0 saturated heterocycles. The first-order valence-electron chi connectivity index (χ1n) is 5.07. The molecule has 0 bridgehead atoms. The number of amides is 1. The normalized spacial score (nSPS) is 10.2. The fourth-order valence-corrected chi connectivity index (χ4v) is 1.84. The van der Waals surface area contributed by atoms with E-state index >= 15 is 0 Å². The standard InChI is InChI=1S/C11H15FN2O2S/c1-16-5-4-14-11(15)7-17-8-2-3-10(13)9(12)6-8/h2-3,6H,4-5,7,13H2,1H3,(H,14,15). The van der Waals surface area contributed by atoms with Crippen LogP contribution in [-0.2, 0) is 9.53 Å². The molecular weight excluding hydrogens is 243 g/mol. The molecule has 3 N–H and O–H groups in total. The first kappa shape index (κ1) is 13.8. The summed E-state index contributed by atoms with van der Waals surface area (Å²) < 4.78 is 17.9. The minimum absolute atomic E-state index is 0.107. The summed E-state index contributed by atoms with van der Waals surface area (Å²) in [6.07, 6.45) is 0. The Kier molecular flexibility index (Phi) is 5.79. The molecule has 0 aliphatic carbocycles. The van der Waals surface area contributed by atoms with Gasteiger partial charge in [0.2, 0.25) is 5.91 Å². The number of halogens is 1. The molecule has 0 aliphatic heterocycles. The summed E-state index contributed by atoms with van der Waals surface area (Å²) in [6, 6.07) is 4.49. The van der Waals surface area contributed by atoms with Gasteiger partial charge in [0.15, 0.2) is 0 Å². The number of anilines is 1. The molecule has 1 amide bonds. The van der Waals surface area contributed by atoms with E-state index in [0.29, 0.717) is 18.0 Å². The predicted octanol–water partition coefficient (Wildman–Crippen LogP) is 1.26. The summed E-state index contributed by atoms with van der Waals surface area (Å²) in [5, 5.41) is 2.68. The van der Waals surface area contributed by atoms with Gasteiger partial charge in [-0.05, 0) is 18.2 Å². The lowest BCUT2D eigenvalue weighted by Crippen LogP contribution is -2.28. The maximum absolute atomic E-state index is 13.1. The summed E-state index contributed by atoms with van der Waals surface area (Å²) in [6.45, 7) is 0.957. The van der Waals surface area contributed by atoms with Crippen LogP contribution >= 0.6 is 11.8 Å². The highest BCUT2D eigenvalue weighted by Crippen LogP contribution is 2.21. The lowest BCUT2D eigenvalue weighted by atomic mass is 10.3. The molecule has 94 valence electrons. The molecule has 0 aliphatic rings. The van der Waals surface area contributed by atoms with Gasteiger partial charge in [-0.2, -0.15) is 0 Å². The highest BCUT2D eigenvalue weighted by molar-refractivity contribution is 8.00. The summed E-state index contributed by atoms with van der Waals surface area (Å²) in [5.41, 5.74) is 5.46. The highest BCUT2D eigenvalue weighted by Gasteiger charge is 2.04. The zero-order chi connectivity index (χ0) is 12.7. The zero-order valence-electron chi connectivity index (χ0n) is 9.53. The largest absolute Gasteiger partial charge is 0.396 e. The molecule has 0 saturated carbocycles. The molecule has 0 atom stereocenters. The van der Waals surface area contributed by atoms with Gasteiger partial charge in [0, 0.05) is 18.6 Å². The minimum atomic E-state index is -0.463. The molecule has 17 heavy (non-hydrogen) atoms. The Bertz CT molecular complexity index is 388. The second-order valence-corrected chi connectivity index (χ2v) is 4.36. The van der Waals surface area contributed by atoms with E-state index in [1.165, 1.54) is 23.9 Å². The fourth-order valence-electron chi connectivity index (χ4n) is 1.09. The summed E-state index contributed by atoms with van der Waals surface area (Å²) in [4.78, 5) is 12.0. The molecule has 0 spiro atoms. The number of nitrogens with one attached hydrogen (secondary N) is 1. The quantitative estimate of drug-likeness (QED) is 0.458. The van der Waals surface area contributed by atoms with Crippen molar-refractivity contribution in [2.75, 3.05) is 31.7 Å². The molecule has 0 unspecified atom stereocenters. The lowest BCUT2D eigenvalue weighted by molar-refractivity contribution is -0.118. The fraction of sp³-hybridized carbons (Fsp3) is 0.364. The molecule has 4 nitrogen and oxygen atoms in total. The number of hydrogen-bond donors (Lipinski definition) is 2. The van der Waals surface area contributed by atoms with Crippen molar-refractivity contribution in [2.45, 2.75) is 4.90 Å². The van der Waals surface area contributed by atoms with Gasteiger partial charge in [0.05, 0.1) is 18.0 Å². The van der Waals surface area contributed by atoms with Gasteiger partial charge in [-0.3, -0.25) is 4.79 Å². The summed E-state index contributed by atoms with van der Waals surface area (Å²) >= 11 is 1.26. The molecule has 1 aromatic carbocycles. The van der Waals surface area contributed by atoms with Crippen molar-refractivity contribution in [3.05, 3.63) is 24.0 Å². The number of benzene rings is 1. The van der Waals surface area contributed by atoms with Crippen LogP contribution in [0.2, 0.25) is 0 Å². The van der Waals surface area contributed by atoms with Crippen LogP contribution in [0.1, 0.15) is 0 Å². The number of carbonyl (C=O) groups is 1. The smallest absolute Gasteiger partial charge is 0.230 e. The number of methoxy groups -OCH3 is 1. The Hall–Kier alpha value is -1.27. The van der Waals surface area contributed by atoms with Crippen LogP contribution in [-0.4, -0.2) is 31.9 Å². The van der Waals surface area contributed by atoms with E-state index in [4.69, 9.17) is 10.5 Å². The number of hydrogen-bond acceptors (Lipinski definition) is 4. The predicted molar refractivity (Wildman–Crippen MR) is 66.4 cm³/mol. The van der Waals surface area contributed by atoms with Crippen molar-refractivity contribution in [3.63, 3.8) is 0 Å². The van der Waals surface area contributed by atoms with Crippen LogP contribution in [0.4, 0.5) is 10.1 Å². The molecular formula is C11H15FN2O2S. The van der Waals surface area contributed by atoms with Crippen LogP contribution in [0.5, 0.6) is 0 Å². The second kappa shape index (κ2) is 7.13. The van der Waals surface area contributed by atoms with Gasteiger partial charge < -0.3 is 15.8 Å². The number of carbonyl (C=O) groups excluding carboxylic acids is 1. The lowest BCUT2D eigenvalue weighted by Gasteiger charge is -2.05. The Morgan fingerprint density at radius 3 is 3.00 bits per heavy atom. The van der Waals surface area contributed by atoms with Gasteiger partial charge in [-0.15, -0.1) is 11.8 Å². The third-order valence-corrected chi connectivity index (χ3v) is 2.96. The van der Waals surface area contributed by atoms with E-state index in [1.807, 2.05) is 0 Å². The van der Waals surface area contributed by atoms with E-state index in [9.17, 15) is 9.18 Å². The van der Waals surface area contributed by atoms with Crippen LogP contribution in [0, 0.1) is 5.82 Å².